The Morgan fingerprint density at radius 2 is 1.37 bits per heavy atom. The molecular weight excluding hydrogens is 687 g/mol. The van der Waals surface area contributed by atoms with E-state index in [1.165, 1.54) is 12.1 Å². The summed E-state index contributed by atoms with van der Waals surface area (Å²) in [6.45, 7) is 5.88. The number of carbonyl (C=O) groups excluding carboxylic acids is 2. The smallest absolute Gasteiger partial charge is 0.297 e. The predicted molar refractivity (Wildman–Crippen MR) is 196 cm³/mol. The molecule has 2 amide bonds. The molecule has 0 spiro atoms. The molecule has 1 heterocycles. The number of amides is 2. The van der Waals surface area contributed by atoms with Crippen molar-refractivity contribution < 1.29 is 41.1 Å². The Hall–Kier alpha value is -4.95. The highest BCUT2D eigenvalue weighted by atomic mass is 32.2. The lowest BCUT2D eigenvalue weighted by Crippen LogP contribution is -2.51. The summed E-state index contributed by atoms with van der Waals surface area (Å²) in [6.07, 6.45) is 0. The second-order valence-corrected chi connectivity index (χ2v) is 13.6. The van der Waals surface area contributed by atoms with E-state index in [0.29, 0.717) is 44.1 Å². The molecule has 0 aliphatic carbocycles. The fourth-order valence-electron chi connectivity index (χ4n) is 5.32. The monoisotopic (exact) mass is 731 g/mol. The molecule has 276 valence electrons. The summed E-state index contributed by atoms with van der Waals surface area (Å²) in [6, 6.07) is 31.2. The Morgan fingerprint density at radius 1 is 0.692 bits per heavy atom. The second kappa shape index (κ2) is 19.6. The molecule has 1 fully saturated rings. The average Bonchev–Trinajstić information content (AvgIpc) is 3.17. The van der Waals surface area contributed by atoms with Crippen molar-refractivity contribution in [3.63, 3.8) is 0 Å². The van der Waals surface area contributed by atoms with E-state index >= 15 is 0 Å². The van der Waals surface area contributed by atoms with Crippen LogP contribution < -0.4 is 19.7 Å². The Morgan fingerprint density at radius 3 is 2.08 bits per heavy atom. The molecule has 13 heteroatoms. The van der Waals surface area contributed by atoms with Gasteiger partial charge >= 0.3 is 0 Å². The van der Waals surface area contributed by atoms with Crippen LogP contribution in [-0.2, 0) is 35.2 Å². The third-order valence-corrected chi connectivity index (χ3v) is 9.55. The van der Waals surface area contributed by atoms with Crippen molar-refractivity contribution in [2.24, 2.45) is 0 Å². The van der Waals surface area contributed by atoms with Gasteiger partial charge in [0.1, 0.15) is 24.7 Å². The van der Waals surface area contributed by atoms with Gasteiger partial charge in [-0.1, -0.05) is 54.1 Å². The zero-order valence-corrected chi connectivity index (χ0v) is 30.1. The molecule has 4 aromatic rings. The molecule has 1 aliphatic rings. The van der Waals surface area contributed by atoms with E-state index in [-0.39, 0.29) is 62.9 Å². The first-order valence-electron chi connectivity index (χ1n) is 17.2. The Balaban J connectivity index is 0.915. The molecule has 0 bridgehead atoms. The van der Waals surface area contributed by atoms with Crippen molar-refractivity contribution in [3.05, 3.63) is 120 Å². The van der Waals surface area contributed by atoms with Crippen molar-refractivity contribution in [2.75, 3.05) is 77.3 Å². The summed E-state index contributed by atoms with van der Waals surface area (Å²) in [5.41, 5.74) is 3.52. The predicted octanol–water partition coefficient (Wildman–Crippen LogP) is 4.47. The van der Waals surface area contributed by atoms with Gasteiger partial charge in [0.25, 0.3) is 16.0 Å². The fourth-order valence-corrected chi connectivity index (χ4v) is 6.21. The van der Waals surface area contributed by atoms with Gasteiger partial charge in [0.05, 0.1) is 44.5 Å². The summed E-state index contributed by atoms with van der Waals surface area (Å²) in [5, 5.41) is 2.73. The number of aryl methyl sites for hydroxylation is 1. The first kappa shape index (κ1) is 38.3. The summed E-state index contributed by atoms with van der Waals surface area (Å²) in [7, 11) is -3.82. The van der Waals surface area contributed by atoms with E-state index in [4.69, 9.17) is 23.1 Å². The lowest BCUT2D eigenvalue weighted by atomic mass is 10.2. The van der Waals surface area contributed by atoms with Crippen molar-refractivity contribution in [1.29, 1.82) is 0 Å². The molecule has 12 nitrogen and oxygen atoms in total. The van der Waals surface area contributed by atoms with Crippen LogP contribution >= 0.6 is 0 Å². The number of carbonyl (C=O) groups is 2. The molecular formula is C39H45N3O9S. The number of anilines is 1. The number of nitrogens with one attached hydrogen (secondary N) is 1. The summed E-state index contributed by atoms with van der Waals surface area (Å²) < 4.78 is 51.8. The van der Waals surface area contributed by atoms with E-state index in [0.717, 1.165) is 22.6 Å². The summed E-state index contributed by atoms with van der Waals surface area (Å²) in [4.78, 5) is 29.8. The summed E-state index contributed by atoms with van der Waals surface area (Å²) in [5.74, 6) is 0.803. The number of hydrogen-bond acceptors (Lipinski definition) is 10. The normalized spacial score (nSPS) is 13.1. The van der Waals surface area contributed by atoms with Crippen molar-refractivity contribution in [3.8, 4) is 11.5 Å². The van der Waals surface area contributed by atoms with Crippen molar-refractivity contribution >= 4 is 27.6 Å². The van der Waals surface area contributed by atoms with E-state index in [9.17, 15) is 18.0 Å². The van der Waals surface area contributed by atoms with Gasteiger partial charge in [-0.3, -0.25) is 13.8 Å². The lowest BCUT2D eigenvalue weighted by Gasteiger charge is -2.36. The highest BCUT2D eigenvalue weighted by Crippen LogP contribution is 2.22. The molecule has 4 aromatic carbocycles. The quantitative estimate of drug-likeness (QED) is 0.109. The van der Waals surface area contributed by atoms with E-state index in [2.05, 4.69) is 10.2 Å². The number of nitrogens with zero attached hydrogens (tertiary/aromatic N) is 2. The van der Waals surface area contributed by atoms with Gasteiger partial charge in [0.2, 0.25) is 5.91 Å². The topological polar surface area (TPSA) is 133 Å². The van der Waals surface area contributed by atoms with Crippen molar-refractivity contribution in [1.82, 2.24) is 10.2 Å². The fraction of sp³-hybridized carbons (Fsp3) is 0.333. The SMILES string of the molecule is Cc1ccc(S(=O)(=O)OCCOCCOCCOc2cccc(C(=O)NCC(=O)N3CCN(c4ccc(OCc5ccccc5)cc4)CC3)c2)cc1. The van der Waals surface area contributed by atoms with Crippen LogP contribution in [0, 0.1) is 6.92 Å². The average molecular weight is 732 g/mol. The van der Waals surface area contributed by atoms with Gasteiger partial charge in [0.15, 0.2) is 0 Å². The van der Waals surface area contributed by atoms with Crippen LogP contribution in [-0.4, -0.2) is 97.5 Å². The van der Waals surface area contributed by atoms with E-state index in [1.54, 1.807) is 41.3 Å². The molecule has 0 atom stereocenters. The second-order valence-electron chi connectivity index (χ2n) is 12.0. The number of piperazine rings is 1. The van der Waals surface area contributed by atoms with Gasteiger partial charge in [-0.15, -0.1) is 0 Å². The lowest BCUT2D eigenvalue weighted by molar-refractivity contribution is -0.130. The van der Waals surface area contributed by atoms with Crippen LogP contribution in [0.15, 0.2) is 108 Å². The first-order chi connectivity index (χ1) is 25.3. The summed E-state index contributed by atoms with van der Waals surface area (Å²) >= 11 is 0. The Bertz CT molecular complexity index is 1810. The minimum Gasteiger partial charge on any atom is -0.491 e. The zero-order chi connectivity index (χ0) is 36.6. The standard InChI is InChI=1S/C39H45N3O9S/c1-31-10-16-37(17-11-31)52(45,46)51-27-25-48-23-22-47-24-26-49-36-9-5-8-33(28-36)39(44)40-29-38(43)42-20-18-41(19-21-42)34-12-14-35(15-13-34)50-30-32-6-3-2-4-7-32/h2-17,28H,18-27,29-30H2,1H3,(H,40,44). The van der Waals surface area contributed by atoms with Crippen LogP contribution in [0.3, 0.4) is 0 Å². The maximum absolute atomic E-state index is 12.9. The number of rotatable bonds is 19. The molecule has 52 heavy (non-hydrogen) atoms. The third-order valence-electron chi connectivity index (χ3n) is 8.22. The molecule has 0 unspecified atom stereocenters. The minimum atomic E-state index is -3.82. The number of ether oxygens (including phenoxy) is 4. The molecule has 0 radical (unpaired) electrons. The molecule has 1 aliphatic heterocycles. The highest BCUT2D eigenvalue weighted by Gasteiger charge is 2.22. The zero-order valence-electron chi connectivity index (χ0n) is 29.3. The molecule has 0 saturated carbocycles. The largest absolute Gasteiger partial charge is 0.491 e. The van der Waals surface area contributed by atoms with Crippen LogP contribution in [0.2, 0.25) is 0 Å². The number of hydrogen-bond donors (Lipinski definition) is 1. The van der Waals surface area contributed by atoms with Crippen LogP contribution in [0.4, 0.5) is 5.69 Å². The van der Waals surface area contributed by atoms with E-state index < -0.39 is 10.1 Å². The third kappa shape index (κ3) is 12.1. The van der Waals surface area contributed by atoms with Crippen LogP contribution in [0.25, 0.3) is 0 Å². The first-order valence-corrected chi connectivity index (χ1v) is 18.6. The van der Waals surface area contributed by atoms with Crippen LogP contribution in [0.5, 0.6) is 11.5 Å². The van der Waals surface area contributed by atoms with Crippen molar-refractivity contribution in [2.45, 2.75) is 18.4 Å². The van der Waals surface area contributed by atoms with Gasteiger partial charge in [-0.05, 0) is 67.1 Å². The number of benzene rings is 4. The van der Waals surface area contributed by atoms with Crippen LogP contribution in [0.1, 0.15) is 21.5 Å². The molecule has 1 N–H and O–H groups in total. The molecule has 1 saturated heterocycles. The highest BCUT2D eigenvalue weighted by molar-refractivity contribution is 7.86. The van der Waals surface area contributed by atoms with Gasteiger partial charge in [-0.25, -0.2) is 0 Å². The maximum atomic E-state index is 12.9. The maximum Gasteiger partial charge on any atom is 0.297 e. The van der Waals surface area contributed by atoms with Gasteiger partial charge in [-0.2, -0.15) is 8.42 Å². The Labute approximate surface area is 305 Å². The van der Waals surface area contributed by atoms with Gasteiger partial charge in [0, 0.05) is 37.4 Å². The van der Waals surface area contributed by atoms with Gasteiger partial charge < -0.3 is 34.1 Å². The minimum absolute atomic E-state index is 0.0953. The molecule has 0 aromatic heterocycles. The Kier molecular flexibility index (Phi) is 14.4. The molecule has 5 rings (SSSR count). The van der Waals surface area contributed by atoms with E-state index in [1.807, 2.05) is 61.5 Å².